The Morgan fingerprint density at radius 2 is 1.86 bits per heavy atom. The van der Waals surface area contributed by atoms with E-state index in [-0.39, 0.29) is 24.4 Å². The number of hydrogen-bond acceptors (Lipinski definition) is 8. The molecule has 5 aliphatic rings. The van der Waals surface area contributed by atoms with Gasteiger partial charge in [-0.05, 0) is 44.9 Å². The van der Waals surface area contributed by atoms with Crippen LogP contribution in [0.3, 0.4) is 0 Å². The lowest BCUT2D eigenvalue weighted by Gasteiger charge is -2.59. The molecule has 1 saturated carbocycles. The van der Waals surface area contributed by atoms with Crippen molar-refractivity contribution in [2.24, 2.45) is 23.7 Å². The van der Waals surface area contributed by atoms with Crippen molar-refractivity contribution in [1.82, 2.24) is 0 Å². The van der Waals surface area contributed by atoms with Crippen LogP contribution in [0, 0.1) is 23.7 Å². The molecule has 4 saturated heterocycles. The van der Waals surface area contributed by atoms with E-state index >= 15 is 0 Å². The fourth-order valence-corrected chi connectivity index (χ4v) is 5.51. The first-order valence-corrected chi connectivity index (χ1v) is 10.3. The number of carbonyl (C=O) groups is 2. The van der Waals surface area contributed by atoms with Gasteiger partial charge >= 0.3 is 11.9 Å². The first-order chi connectivity index (χ1) is 13.3. The van der Waals surface area contributed by atoms with Gasteiger partial charge in [-0.2, -0.15) is 0 Å². The van der Waals surface area contributed by atoms with Gasteiger partial charge in [-0.3, -0.25) is 9.59 Å². The predicted molar refractivity (Wildman–Crippen MR) is 94.2 cm³/mol. The van der Waals surface area contributed by atoms with Crippen molar-refractivity contribution in [3.63, 3.8) is 0 Å². The van der Waals surface area contributed by atoms with Gasteiger partial charge < -0.3 is 18.9 Å². The minimum atomic E-state index is -0.877. The fourth-order valence-electron chi connectivity index (χ4n) is 5.51. The zero-order valence-electron chi connectivity index (χ0n) is 17.0. The Balaban J connectivity index is 1.56. The van der Waals surface area contributed by atoms with E-state index in [0.717, 1.165) is 25.7 Å². The molecule has 8 heteroatoms. The SMILES string of the molecule is CCOC(=O)CC(=O)OC1O[C@@H]2O[C@@]3(C)CC[C@H]4[C@H](C)CC[C@@H]([C@H]1C)[C@@]24OO3. The number of esters is 2. The van der Waals surface area contributed by atoms with E-state index in [0.29, 0.717) is 5.92 Å². The lowest BCUT2D eigenvalue weighted by molar-refractivity contribution is -0.576. The van der Waals surface area contributed by atoms with Crippen molar-refractivity contribution in [2.45, 2.75) is 83.8 Å². The van der Waals surface area contributed by atoms with Crippen molar-refractivity contribution in [2.75, 3.05) is 6.61 Å². The summed E-state index contributed by atoms with van der Waals surface area (Å²) in [6.45, 7) is 8.00. The molecule has 1 unspecified atom stereocenters. The van der Waals surface area contributed by atoms with E-state index in [1.165, 1.54) is 0 Å². The van der Waals surface area contributed by atoms with Gasteiger partial charge in [0.1, 0.15) is 6.42 Å². The molecule has 0 N–H and O–H groups in total. The summed E-state index contributed by atoms with van der Waals surface area (Å²) < 4.78 is 22.7. The molecule has 4 heterocycles. The first kappa shape index (κ1) is 20.1. The molecule has 28 heavy (non-hydrogen) atoms. The van der Waals surface area contributed by atoms with Gasteiger partial charge in [-0.25, -0.2) is 9.78 Å². The van der Waals surface area contributed by atoms with E-state index in [1.807, 2.05) is 13.8 Å². The molecular formula is C20H30O8. The van der Waals surface area contributed by atoms with E-state index in [4.69, 9.17) is 28.7 Å². The van der Waals surface area contributed by atoms with Gasteiger partial charge in [0.15, 0.2) is 11.9 Å². The van der Waals surface area contributed by atoms with Gasteiger partial charge in [0.2, 0.25) is 12.1 Å². The van der Waals surface area contributed by atoms with Crippen molar-refractivity contribution in [1.29, 1.82) is 0 Å². The second-order valence-electron chi connectivity index (χ2n) is 8.75. The highest BCUT2D eigenvalue weighted by Gasteiger charge is 2.69. The van der Waals surface area contributed by atoms with Gasteiger partial charge in [0, 0.05) is 18.3 Å². The number of rotatable bonds is 4. The summed E-state index contributed by atoms with van der Waals surface area (Å²) in [5.41, 5.74) is -0.697. The third-order valence-corrected chi connectivity index (χ3v) is 6.94. The Bertz CT molecular complexity index is 638. The van der Waals surface area contributed by atoms with Crippen LogP contribution in [0.15, 0.2) is 0 Å². The van der Waals surface area contributed by atoms with E-state index < -0.39 is 42.3 Å². The number of ether oxygens (including phenoxy) is 4. The molecule has 158 valence electrons. The Hall–Kier alpha value is -1.22. The van der Waals surface area contributed by atoms with Crippen LogP contribution >= 0.6 is 0 Å². The molecule has 2 bridgehead atoms. The second kappa shape index (κ2) is 7.23. The van der Waals surface area contributed by atoms with Crippen LogP contribution in [-0.2, 0) is 38.3 Å². The van der Waals surface area contributed by atoms with Crippen LogP contribution in [0.4, 0.5) is 0 Å². The summed E-state index contributed by atoms with van der Waals surface area (Å²) in [6, 6.07) is 0. The average molecular weight is 398 g/mol. The summed E-state index contributed by atoms with van der Waals surface area (Å²) in [4.78, 5) is 35.6. The molecular weight excluding hydrogens is 368 g/mol. The highest BCUT2D eigenvalue weighted by atomic mass is 17.3. The minimum absolute atomic E-state index is 0.0653. The zero-order chi connectivity index (χ0) is 20.1. The van der Waals surface area contributed by atoms with Crippen LogP contribution in [-0.4, -0.2) is 42.5 Å². The van der Waals surface area contributed by atoms with Crippen molar-refractivity contribution < 1.29 is 38.3 Å². The van der Waals surface area contributed by atoms with Crippen LogP contribution in [0.25, 0.3) is 0 Å². The summed E-state index contributed by atoms with van der Waals surface area (Å²) in [5, 5.41) is 0. The van der Waals surface area contributed by atoms with Crippen molar-refractivity contribution in [3.8, 4) is 0 Å². The van der Waals surface area contributed by atoms with Crippen LogP contribution in [0.5, 0.6) is 0 Å². The summed E-state index contributed by atoms with van der Waals surface area (Å²) in [5.74, 6) is -1.48. The summed E-state index contributed by atoms with van der Waals surface area (Å²) in [7, 11) is 0. The lowest BCUT2D eigenvalue weighted by Crippen LogP contribution is -2.70. The standard InChI is InChI=1S/C20H30O8/c1-5-23-15(21)10-16(22)24-17-12(3)14-7-6-11(2)13-8-9-19(4)26-18(25-17)20(13,14)28-27-19/h11-14,17-18H,5-10H2,1-4H3/t11-,12-,13+,14+,17?,18-,19-,20-/m1/s1. The van der Waals surface area contributed by atoms with Gasteiger partial charge in [-0.15, -0.1) is 0 Å². The van der Waals surface area contributed by atoms with Crippen molar-refractivity contribution >= 4 is 11.9 Å². The smallest absolute Gasteiger partial charge is 0.319 e. The maximum absolute atomic E-state index is 12.2. The van der Waals surface area contributed by atoms with Crippen LogP contribution in [0.2, 0.25) is 0 Å². The summed E-state index contributed by atoms with van der Waals surface area (Å²) >= 11 is 0. The van der Waals surface area contributed by atoms with Gasteiger partial charge in [0.05, 0.1) is 6.61 Å². The highest BCUT2D eigenvalue weighted by Crippen LogP contribution is 2.60. The molecule has 1 spiro atoms. The molecule has 0 amide bonds. The average Bonchev–Trinajstić information content (AvgIpc) is 2.85. The second-order valence-corrected chi connectivity index (χ2v) is 8.75. The zero-order valence-corrected chi connectivity index (χ0v) is 17.0. The molecule has 8 nitrogen and oxygen atoms in total. The maximum Gasteiger partial charge on any atom is 0.319 e. The van der Waals surface area contributed by atoms with E-state index in [9.17, 15) is 9.59 Å². The third-order valence-electron chi connectivity index (χ3n) is 6.94. The molecule has 5 fully saturated rings. The quantitative estimate of drug-likeness (QED) is 0.406. The van der Waals surface area contributed by atoms with Gasteiger partial charge in [0.25, 0.3) is 0 Å². The van der Waals surface area contributed by atoms with Crippen LogP contribution in [0.1, 0.15) is 59.8 Å². The third kappa shape index (κ3) is 3.14. The Labute approximate surface area is 165 Å². The molecule has 0 aromatic rings. The number of carbonyl (C=O) groups excluding carboxylic acids is 2. The summed E-state index contributed by atoms with van der Waals surface area (Å²) in [6.07, 6.45) is 1.72. The first-order valence-electron chi connectivity index (χ1n) is 10.3. The molecule has 1 aliphatic carbocycles. The largest absolute Gasteiger partial charge is 0.466 e. The van der Waals surface area contributed by atoms with E-state index in [1.54, 1.807) is 6.92 Å². The molecule has 0 radical (unpaired) electrons. The lowest BCUT2D eigenvalue weighted by atomic mass is 9.58. The molecule has 0 aromatic carbocycles. The molecule has 0 aromatic heterocycles. The predicted octanol–water partition coefficient (Wildman–Crippen LogP) is 2.69. The molecule has 8 atom stereocenters. The molecule has 5 rings (SSSR count). The fraction of sp³-hybridized carbons (Fsp3) is 0.900. The van der Waals surface area contributed by atoms with E-state index in [2.05, 4.69) is 6.92 Å². The number of fused-ring (bicyclic) bond motifs is 2. The minimum Gasteiger partial charge on any atom is -0.466 e. The maximum atomic E-state index is 12.2. The topological polar surface area (TPSA) is 89.5 Å². The normalized spacial score (nSPS) is 47.0. The monoisotopic (exact) mass is 398 g/mol. The Morgan fingerprint density at radius 3 is 2.61 bits per heavy atom. The number of hydrogen-bond donors (Lipinski definition) is 0. The Kier molecular flexibility index (Phi) is 5.18. The highest BCUT2D eigenvalue weighted by molar-refractivity contribution is 5.91. The van der Waals surface area contributed by atoms with Gasteiger partial charge in [-0.1, -0.05) is 13.8 Å². The molecule has 4 aliphatic heterocycles. The Morgan fingerprint density at radius 1 is 1.07 bits per heavy atom. The van der Waals surface area contributed by atoms with Crippen molar-refractivity contribution in [3.05, 3.63) is 0 Å². The van der Waals surface area contributed by atoms with Crippen LogP contribution < -0.4 is 0 Å².